The second kappa shape index (κ2) is 7.01. The molecule has 6 heteroatoms. The van der Waals surface area contributed by atoms with E-state index in [0.717, 1.165) is 50.3 Å². The fourth-order valence-electron chi connectivity index (χ4n) is 3.40. The minimum Gasteiger partial charge on any atom is -0.381 e. The summed E-state index contributed by atoms with van der Waals surface area (Å²) in [4.78, 5) is 19.4. The second-order valence-electron chi connectivity index (χ2n) is 6.28. The van der Waals surface area contributed by atoms with E-state index in [2.05, 4.69) is 15.2 Å². The van der Waals surface area contributed by atoms with Gasteiger partial charge in [-0.2, -0.15) is 0 Å². The zero-order valence-electron chi connectivity index (χ0n) is 13.5. The van der Waals surface area contributed by atoms with Crippen LogP contribution in [0, 0.1) is 0 Å². The molecular weight excluding hydrogens is 322 g/mol. The van der Waals surface area contributed by atoms with E-state index in [1.54, 1.807) is 0 Å². The number of amides is 1. The number of hydrogen-bond acceptors (Lipinski definition) is 5. The first kappa shape index (κ1) is 15.7. The van der Waals surface area contributed by atoms with Crippen molar-refractivity contribution < 1.29 is 9.53 Å². The van der Waals surface area contributed by atoms with E-state index >= 15 is 0 Å². The Hall–Kier alpha value is -1.76. The van der Waals surface area contributed by atoms with Gasteiger partial charge in [-0.25, -0.2) is 4.98 Å². The maximum absolute atomic E-state index is 12.6. The third kappa shape index (κ3) is 3.22. The Morgan fingerprint density at radius 2 is 2.00 bits per heavy atom. The molecule has 2 saturated heterocycles. The topological polar surface area (TPSA) is 54.5 Å². The van der Waals surface area contributed by atoms with Crippen molar-refractivity contribution in [3.8, 4) is 11.3 Å². The largest absolute Gasteiger partial charge is 0.381 e. The van der Waals surface area contributed by atoms with Crippen molar-refractivity contribution in [1.82, 2.24) is 9.88 Å². The van der Waals surface area contributed by atoms with E-state index < -0.39 is 0 Å². The van der Waals surface area contributed by atoms with Crippen molar-refractivity contribution in [1.29, 1.82) is 0 Å². The van der Waals surface area contributed by atoms with Gasteiger partial charge in [-0.05, 0) is 19.3 Å². The number of thiazole rings is 1. The summed E-state index contributed by atoms with van der Waals surface area (Å²) in [5.74, 6) is 0.0710. The monoisotopic (exact) mass is 343 g/mol. The molecule has 0 radical (unpaired) electrons. The molecule has 1 aromatic carbocycles. The Kier molecular flexibility index (Phi) is 4.60. The first-order valence-electron chi connectivity index (χ1n) is 8.46. The molecule has 0 bridgehead atoms. The Bertz CT molecular complexity index is 697. The molecule has 1 aromatic heterocycles. The third-order valence-corrected chi connectivity index (χ3v) is 5.59. The van der Waals surface area contributed by atoms with Gasteiger partial charge < -0.3 is 10.1 Å². The van der Waals surface area contributed by atoms with Gasteiger partial charge in [0.25, 0.3) is 0 Å². The van der Waals surface area contributed by atoms with Crippen LogP contribution in [0.1, 0.15) is 19.3 Å². The van der Waals surface area contributed by atoms with Crippen molar-refractivity contribution in [3.05, 3.63) is 35.7 Å². The molecule has 0 aliphatic carbocycles. The summed E-state index contributed by atoms with van der Waals surface area (Å²) in [5.41, 5.74) is 1.98. The van der Waals surface area contributed by atoms with Gasteiger partial charge in [0.2, 0.25) is 5.91 Å². The van der Waals surface area contributed by atoms with Gasteiger partial charge in [-0.1, -0.05) is 30.3 Å². The summed E-state index contributed by atoms with van der Waals surface area (Å²) in [6.07, 6.45) is 2.98. The third-order valence-electron chi connectivity index (χ3n) is 4.83. The average Bonchev–Trinajstić information content (AvgIpc) is 3.04. The van der Waals surface area contributed by atoms with Crippen LogP contribution in [0.25, 0.3) is 11.3 Å². The summed E-state index contributed by atoms with van der Waals surface area (Å²) >= 11 is 1.48. The van der Waals surface area contributed by atoms with Gasteiger partial charge in [0.1, 0.15) is 0 Å². The Balaban J connectivity index is 1.39. The lowest BCUT2D eigenvalue weighted by atomic mass is 9.95. The zero-order valence-corrected chi connectivity index (χ0v) is 14.3. The number of rotatable bonds is 4. The molecule has 1 atom stereocenters. The molecule has 0 spiro atoms. The minimum atomic E-state index is -0.0165. The Labute approximate surface area is 145 Å². The van der Waals surface area contributed by atoms with Crippen LogP contribution >= 0.6 is 11.3 Å². The average molecular weight is 343 g/mol. The molecule has 3 heterocycles. The number of hydrogen-bond donors (Lipinski definition) is 1. The van der Waals surface area contributed by atoms with Gasteiger partial charge in [-0.3, -0.25) is 9.69 Å². The molecule has 2 aliphatic rings. The summed E-state index contributed by atoms with van der Waals surface area (Å²) < 4.78 is 5.42. The Morgan fingerprint density at radius 3 is 2.71 bits per heavy atom. The maximum Gasteiger partial charge on any atom is 0.243 e. The van der Waals surface area contributed by atoms with Crippen molar-refractivity contribution >= 4 is 22.4 Å². The highest BCUT2D eigenvalue weighted by atomic mass is 32.1. The van der Waals surface area contributed by atoms with E-state index in [4.69, 9.17) is 4.74 Å². The van der Waals surface area contributed by atoms with Crippen LogP contribution in [-0.2, 0) is 9.53 Å². The molecule has 1 N–H and O–H groups in total. The SMILES string of the molecule is O=C(Nc1nc(-c2ccccc2)cs1)C1CCN1C1CCOCC1. The number of benzene rings is 1. The second-order valence-corrected chi connectivity index (χ2v) is 7.14. The molecule has 1 amide bonds. The summed E-state index contributed by atoms with van der Waals surface area (Å²) in [5, 5.41) is 5.67. The molecular formula is C18H21N3O2S. The van der Waals surface area contributed by atoms with Gasteiger partial charge in [0, 0.05) is 36.7 Å². The predicted octanol–water partition coefficient (Wildman–Crippen LogP) is 3.00. The lowest BCUT2D eigenvalue weighted by molar-refractivity contribution is -0.129. The van der Waals surface area contributed by atoms with Crippen molar-refractivity contribution in [2.24, 2.45) is 0 Å². The number of aromatic nitrogens is 1. The smallest absolute Gasteiger partial charge is 0.243 e. The van der Waals surface area contributed by atoms with Gasteiger partial charge in [0.05, 0.1) is 11.7 Å². The highest BCUT2D eigenvalue weighted by Crippen LogP contribution is 2.29. The van der Waals surface area contributed by atoms with Crippen LogP contribution in [0.15, 0.2) is 35.7 Å². The van der Waals surface area contributed by atoms with E-state index in [1.807, 2.05) is 35.7 Å². The number of likely N-dealkylation sites (tertiary alicyclic amines) is 1. The standard InChI is InChI=1S/C18H21N3O2S/c22-17(16-6-9-21(16)14-7-10-23-11-8-14)20-18-19-15(12-24-18)13-4-2-1-3-5-13/h1-5,12,14,16H,6-11H2,(H,19,20,22). The fourth-order valence-corrected chi connectivity index (χ4v) is 4.13. The number of ether oxygens (including phenoxy) is 1. The number of anilines is 1. The number of carbonyl (C=O) groups excluding carboxylic acids is 1. The lowest BCUT2D eigenvalue weighted by Crippen LogP contribution is -2.59. The summed E-state index contributed by atoms with van der Waals surface area (Å²) in [6, 6.07) is 10.5. The van der Waals surface area contributed by atoms with Gasteiger partial charge in [0.15, 0.2) is 5.13 Å². The molecule has 2 aliphatic heterocycles. The van der Waals surface area contributed by atoms with Crippen LogP contribution in [0.2, 0.25) is 0 Å². The van der Waals surface area contributed by atoms with E-state index in [0.29, 0.717) is 11.2 Å². The molecule has 1 unspecified atom stereocenters. The van der Waals surface area contributed by atoms with E-state index in [1.165, 1.54) is 11.3 Å². The summed E-state index contributed by atoms with van der Waals surface area (Å²) in [7, 11) is 0. The molecule has 0 saturated carbocycles. The molecule has 2 fully saturated rings. The van der Waals surface area contributed by atoms with Crippen LogP contribution in [-0.4, -0.2) is 47.6 Å². The predicted molar refractivity (Wildman–Crippen MR) is 95.1 cm³/mol. The van der Waals surface area contributed by atoms with Crippen LogP contribution < -0.4 is 5.32 Å². The van der Waals surface area contributed by atoms with Crippen molar-refractivity contribution in [2.45, 2.75) is 31.3 Å². The van der Waals surface area contributed by atoms with Crippen LogP contribution in [0.3, 0.4) is 0 Å². The zero-order chi connectivity index (χ0) is 16.4. The Morgan fingerprint density at radius 1 is 1.21 bits per heavy atom. The molecule has 24 heavy (non-hydrogen) atoms. The molecule has 5 nitrogen and oxygen atoms in total. The normalized spacial score (nSPS) is 22.1. The lowest BCUT2D eigenvalue weighted by Gasteiger charge is -2.46. The van der Waals surface area contributed by atoms with E-state index in [9.17, 15) is 4.79 Å². The number of nitrogens with one attached hydrogen (secondary N) is 1. The number of carbonyl (C=O) groups is 1. The van der Waals surface area contributed by atoms with Crippen molar-refractivity contribution in [2.75, 3.05) is 25.1 Å². The highest BCUT2D eigenvalue weighted by Gasteiger charge is 2.39. The number of nitrogens with zero attached hydrogens (tertiary/aromatic N) is 2. The molecule has 126 valence electrons. The molecule has 4 rings (SSSR count). The fraction of sp³-hybridized carbons (Fsp3) is 0.444. The first-order chi connectivity index (χ1) is 11.8. The van der Waals surface area contributed by atoms with Crippen LogP contribution in [0.4, 0.5) is 5.13 Å². The van der Waals surface area contributed by atoms with E-state index in [-0.39, 0.29) is 11.9 Å². The summed E-state index contributed by atoms with van der Waals surface area (Å²) in [6.45, 7) is 2.63. The first-order valence-corrected chi connectivity index (χ1v) is 9.34. The minimum absolute atomic E-state index is 0.0165. The van der Waals surface area contributed by atoms with Gasteiger partial charge in [-0.15, -0.1) is 11.3 Å². The quantitative estimate of drug-likeness (QED) is 0.927. The van der Waals surface area contributed by atoms with Crippen molar-refractivity contribution in [3.63, 3.8) is 0 Å². The highest BCUT2D eigenvalue weighted by molar-refractivity contribution is 7.14. The molecule has 2 aromatic rings. The maximum atomic E-state index is 12.6. The van der Waals surface area contributed by atoms with Crippen LogP contribution in [0.5, 0.6) is 0 Å². The van der Waals surface area contributed by atoms with Gasteiger partial charge >= 0.3 is 0 Å².